The molecular weight excluding hydrogens is 199 g/mol. The molecule has 0 bridgehead atoms. The van der Waals surface area contributed by atoms with Crippen LogP contribution in [0.5, 0.6) is 0 Å². The number of aldehydes is 1. The van der Waals surface area contributed by atoms with Crippen molar-refractivity contribution in [3.8, 4) is 0 Å². The molecule has 12 heavy (non-hydrogen) atoms. The summed E-state index contributed by atoms with van der Waals surface area (Å²) in [5, 5.41) is 0. The maximum atomic E-state index is 13.3. The predicted molar refractivity (Wildman–Crippen MR) is 48.9 cm³/mol. The monoisotopic (exact) mass is 206 g/mol. The summed E-state index contributed by atoms with van der Waals surface area (Å²) in [4.78, 5) is 10.8. The van der Waals surface area contributed by atoms with Crippen LogP contribution in [0.25, 0.3) is 0 Å². The Bertz CT molecular complexity index is 300. The first-order chi connectivity index (χ1) is 5.45. The summed E-state index contributed by atoms with van der Waals surface area (Å²) >= 11 is 6.78. The number of hydrogen-bond acceptors (Lipinski definition) is 2. The molecule has 0 unspecified atom stereocenters. The summed E-state index contributed by atoms with van der Waals surface area (Å²) in [7, 11) is 0. The summed E-state index contributed by atoms with van der Waals surface area (Å²) in [6.07, 6.45) is 0.633. The third-order valence-corrected chi connectivity index (χ3v) is 3.11. The van der Waals surface area contributed by atoms with Crippen LogP contribution in [-0.4, -0.2) is 6.29 Å². The van der Waals surface area contributed by atoms with Gasteiger partial charge in [0.1, 0.15) is 10.0 Å². The molecule has 0 aromatic carbocycles. The van der Waals surface area contributed by atoms with Crippen molar-refractivity contribution in [2.75, 3.05) is 0 Å². The molecule has 0 amide bonds. The molecule has 0 aliphatic heterocycles. The van der Waals surface area contributed by atoms with E-state index in [1.165, 1.54) is 19.9 Å². The van der Waals surface area contributed by atoms with Gasteiger partial charge in [-0.1, -0.05) is 11.6 Å². The van der Waals surface area contributed by atoms with Gasteiger partial charge in [-0.25, -0.2) is 4.39 Å². The van der Waals surface area contributed by atoms with Crippen LogP contribution in [0.2, 0.25) is 4.34 Å². The zero-order chi connectivity index (χ0) is 9.35. The minimum atomic E-state index is -1.42. The van der Waals surface area contributed by atoms with Crippen molar-refractivity contribution in [3.05, 3.63) is 20.8 Å². The highest BCUT2D eigenvalue weighted by Crippen LogP contribution is 2.35. The van der Waals surface area contributed by atoms with Gasteiger partial charge in [0.25, 0.3) is 0 Å². The predicted octanol–water partition coefficient (Wildman–Crippen LogP) is 3.42. The van der Waals surface area contributed by atoms with Crippen LogP contribution in [0.1, 0.15) is 29.1 Å². The van der Waals surface area contributed by atoms with Crippen molar-refractivity contribution >= 4 is 29.2 Å². The highest BCUT2D eigenvalue weighted by Gasteiger charge is 2.22. The summed E-state index contributed by atoms with van der Waals surface area (Å²) < 4.78 is 13.6. The summed E-state index contributed by atoms with van der Waals surface area (Å²) in [6, 6.07) is 1.49. The average molecular weight is 207 g/mol. The van der Waals surface area contributed by atoms with Gasteiger partial charge >= 0.3 is 0 Å². The molecule has 0 N–H and O–H groups in total. The molecule has 1 heterocycles. The standard InChI is InChI=1S/C8H8ClFOS/c1-8(2,10)6-3-5(4-11)7(9)12-6/h3-4H,1-2H3. The minimum Gasteiger partial charge on any atom is -0.298 e. The lowest BCUT2D eigenvalue weighted by Gasteiger charge is -2.09. The topological polar surface area (TPSA) is 17.1 Å². The van der Waals surface area contributed by atoms with Gasteiger partial charge in [0.05, 0.1) is 0 Å². The molecule has 1 aromatic heterocycles. The second kappa shape index (κ2) is 3.15. The molecule has 0 saturated carbocycles. The van der Waals surface area contributed by atoms with E-state index in [4.69, 9.17) is 11.6 Å². The van der Waals surface area contributed by atoms with E-state index in [0.717, 1.165) is 11.3 Å². The zero-order valence-corrected chi connectivity index (χ0v) is 8.30. The Labute approximate surface area is 79.2 Å². The fourth-order valence-electron chi connectivity index (χ4n) is 0.756. The number of carbonyl (C=O) groups is 1. The Morgan fingerprint density at radius 3 is 2.50 bits per heavy atom. The average Bonchev–Trinajstić information content (AvgIpc) is 2.29. The van der Waals surface area contributed by atoms with Gasteiger partial charge in [-0.3, -0.25) is 4.79 Å². The van der Waals surface area contributed by atoms with Crippen molar-refractivity contribution < 1.29 is 9.18 Å². The fraction of sp³-hybridized carbons (Fsp3) is 0.375. The minimum absolute atomic E-state index is 0.353. The SMILES string of the molecule is CC(C)(F)c1cc(C=O)c(Cl)s1. The van der Waals surface area contributed by atoms with Gasteiger partial charge in [-0.2, -0.15) is 0 Å². The molecule has 4 heteroatoms. The highest BCUT2D eigenvalue weighted by atomic mass is 35.5. The van der Waals surface area contributed by atoms with Crippen LogP contribution in [0.3, 0.4) is 0 Å². The van der Waals surface area contributed by atoms with Crippen LogP contribution >= 0.6 is 22.9 Å². The molecule has 0 radical (unpaired) electrons. The first-order valence-corrected chi connectivity index (χ1v) is 4.58. The number of rotatable bonds is 2. The molecule has 0 atom stereocenters. The number of hydrogen-bond donors (Lipinski definition) is 0. The van der Waals surface area contributed by atoms with E-state index in [-0.39, 0.29) is 0 Å². The molecule has 0 aliphatic rings. The van der Waals surface area contributed by atoms with Crippen LogP contribution < -0.4 is 0 Å². The summed E-state index contributed by atoms with van der Waals surface area (Å²) in [5.41, 5.74) is -1.06. The molecule has 0 spiro atoms. The molecule has 1 nitrogen and oxygen atoms in total. The summed E-state index contributed by atoms with van der Waals surface area (Å²) in [6.45, 7) is 2.87. The van der Waals surface area contributed by atoms with Crippen molar-refractivity contribution in [2.45, 2.75) is 19.5 Å². The van der Waals surface area contributed by atoms with E-state index in [1.54, 1.807) is 0 Å². The Balaban J connectivity index is 3.13. The molecule has 1 aromatic rings. The highest BCUT2D eigenvalue weighted by molar-refractivity contribution is 7.16. The lowest BCUT2D eigenvalue weighted by Crippen LogP contribution is -2.05. The first-order valence-electron chi connectivity index (χ1n) is 3.39. The molecule has 0 fully saturated rings. The van der Waals surface area contributed by atoms with Crippen LogP contribution in [-0.2, 0) is 5.67 Å². The van der Waals surface area contributed by atoms with Crippen LogP contribution in [0.4, 0.5) is 4.39 Å². The number of carbonyl (C=O) groups excluding carboxylic acids is 1. The Morgan fingerprint density at radius 2 is 2.25 bits per heavy atom. The number of alkyl halides is 1. The largest absolute Gasteiger partial charge is 0.298 e. The van der Waals surface area contributed by atoms with E-state index in [0.29, 0.717) is 21.1 Å². The van der Waals surface area contributed by atoms with E-state index in [9.17, 15) is 9.18 Å². The lowest BCUT2D eigenvalue weighted by atomic mass is 10.1. The van der Waals surface area contributed by atoms with Crippen molar-refractivity contribution in [3.63, 3.8) is 0 Å². The van der Waals surface area contributed by atoms with Gasteiger partial charge in [-0.15, -0.1) is 11.3 Å². The van der Waals surface area contributed by atoms with Crippen LogP contribution in [0, 0.1) is 0 Å². The van der Waals surface area contributed by atoms with E-state index >= 15 is 0 Å². The van der Waals surface area contributed by atoms with Crippen molar-refractivity contribution in [1.29, 1.82) is 0 Å². The summed E-state index contributed by atoms with van der Waals surface area (Å²) in [5.74, 6) is 0. The smallest absolute Gasteiger partial charge is 0.152 e. The van der Waals surface area contributed by atoms with Gasteiger partial charge in [0, 0.05) is 10.4 Å². The van der Waals surface area contributed by atoms with Gasteiger partial charge in [0.15, 0.2) is 6.29 Å². The van der Waals surface area contributed by atoms with Crippen molar-refractivity contribution in [1.82, 2.24) is 0 Å². The van der Waals surface area contributed by atoms with E-state index in [2.05, 4.69) is 0 Å². The normalized spacial score (nSPS) is 11.7. The number of halogens is 2. The Kier molecular flexibility index (Phi) is 2.54. The van der Waals surface area contributed by atoms with Gasteiger partial charge < -0.3 is 0 Å². The molecular formula is C8H8ClFOS. The second-order valence-electron chi connectivity index (χ2n) is 2.93. The lowest BCUT2D eigenvalue weighted by molar-refractivity contribution is 0.112. The van der Waals surface area contributed by atoms with E-state index < -0.39 is 5.67 Å². The van der Waals surface area contributed by atoms with Gasteiger partial charge in [0.2, 0.25) is 0 Å². The molecule has 0 aliphatic carbocycles. The number of thiophene rings is 1. The van der Waals surface area contributed by atoms with Crippen LogP contribution in [0.15, 0.2) is 6.07 Å². The maximum absolute atomic E-state index is 13.3. The third kappa shape index (κ3) is 1.84. The maximum Gasteiger partial charge on any atom is 0.152 e. The Morgan fingerprint density at radius 1 is 1.67 bits per heavy atom. The van der Waals surface area contributed by atoms with Crippen molar-refractivity contribution in [2.24, 2.45) is 0 Å². The molecule has 1 rings (SSSR count). The third-order valence-electron chi connectivity index (χ3n) is 1.43. The zero-order valence-electron chi connectivity index (χ0n) is 6.73. The first kappa shape index (κ1) is 9.68. The molecule has 66 valence electrons. The quantitative estimate of drug-likeness (QED) is 0.678. The Hall–Kier alpha value is -0.410. The van der Waals surface area contributed by atoms with E-state index in [1.807, 2.05) is 0 Å². The second-order valence-corrected chi connectivity index (χ2v) is 4.58. The van der Waals surface area contributed by atoms with Gasteiger partial charge in [-0.05, 0) is 19.9 Å². The molecule has 0 saturated heterocycles. The fourth-order valence-corrected chi connectivity index (χ4v) is 1.95.